The first-order valence-corrected chi connectivity index (χ1v) is 28.5. The van der Waals surface area contributed by atoms with E-state index >= 15 is 0 Å². The molecule has 0 aromatic heterocycles. The summed E-state index contributed by atoms with van der Waals surface area (Å²) in [7, 11) is -10.4. The van der Waals surface area contributed by atoms with Gasteiger partial charge in [0.1, 0.15) is 48.8 Å². The third-order valence-electron chi connectivity index (χ3n) is 13.3. The van der Waals surface area contributed by atoms with E-state index in [1.165, 1.54) is 116 Å². The molecule has 0 bridgehead atoms. The fraction of sp³-hybridized carbons (Fsp3) is 1.00. The van der Waals surface area contributed by atoms with E-state index in [0.29, 0.717) is 25.7 Å². The average molecular weight is 1010 g/mol. The van der Waals surface area contributed by atoms with Gasteiger partial charge in [-0.2, -0.15) is 16.8 Å². The van der Waals surface area contributed by atoms with Gasteiger partial charge in [-0.15, -0.1) is 0 Å². The minimum atomic E-state index is -5.18. The molecular weight excluding hydrogens is 917 g/mol. The van der Waals surface area contributed by atoms with Crippen LogP contribution in [0.25, 0.3) is 0 Å². The van der Waals surface area contributed by atoms with Crippen LogP contribution in [0.5, 0.6) is 0 Å². The van der Waals surface area contributed by atoms with Crippen LogP contribution in [0, 0.1) is 5.41 Å². The Hall–Kier alpha value is -0.660. The van der Waals surface area contributed by atoms with E-state index in [0.717, 1.165) is 51.4 Å². The predicted molar refractivity (Wildman–Crippen MR) is 253 cm³/mol. The zero-order valence-corrected chi connectivity index (χ0v) is 42.4. The maximum absolute atomic E-state index is 11.7. The molecule has 0 radical (unpaired) electrons. The minimum absolute atomic E-state index is 0.210. The van der Waals surface area contributed by atoms with Crippen molar-refractivity contribution in [1.29, 1.82) is 0 Å². The molecule has 0 aromatic rings. The van der Waals surface area contributed by atoms with Gasteiger partial charge in [0.25, 0.3) is 0 Å². The van der Waals surface area contributed by atoms with Gasteiger partial charge < -0.3 is 49.6 Å². The maximum atomic E-state index is 11.7. The van der Waals surface area contributed by atoms with Crippen LogP contribution in [0.15, 0.2) is 0 Å². The minimum Gasteiger partial charge on any atom is -0.394 e. The van der Waals surface area contributed by atoms with E-state index in [-0.39, 0.29) is 13.2 Å². The summed E-state index contributed by atoms with van der Waals surface area (Å²) < 4.78 is 98.5. The number of hydrogen-bond acceptors (Lipinski definition) is 16. The van der Waals surface area contributed by atoms with E-state index < -0.39 is 101 Å². The second-order valence-corrected chi connectivity index (χ2v) is 21.3. The van der Waals surface area contributed by atoms with Gasteiger partial charge in [-0.3, -0.25) is 9.11 Å². The lowest BCUT2D eigenvalue weighted by Gasteiger charge is -2.44. The third-order valence-corrected chi connectivity index (χ3v) is 14.3. The number of aliphatic hydroxyl groups excluding tert-OH is 6. The summed E-state index contributed by atoms with van der Waals surface area (Å²) in [5.74, 6) is 0. The van der Waals surface area contributed by atoms with Gasteiger partial charge in [-0.25, -0.2) is 8.37 Å². The van der Waals surface area contributed by atoms with Crippen LogP contribution in [0.1, 0.15) is 206 Å². The second-order valence-electron chi connectivity index (χ2n) is 19.2. The second kappa shape index (κ2) is 35.5. The Morgan fingerprint density at radius 2 is 0.672 bits per heavy atom. The SMILES string of the molecule is CCCCCCCCCCCCCCCCC(CCCCCCCCCCCCCCCC)(CO[C@@H]1O[C@H](CO)[C@H](O)[C@H](OS(=O)(=O)O)[C@H]1O)CO[C@@H]1O[C@H](CO)[C@H](O)[C@H](OS(=O)(=O)O)[C@H]1O. The fourth-order valence-corrected chi connectivity index (χ4v) is 10.3. The van der Waals surface area contributed by atoms with Crippen LogP contribution in [-0.2, 0) is 48.1 Å². The van der Waals surface area contributed by atoms with Crippen molar-refractivity contribution in [3.8, 4) is 0 Å². The monoisotopic (exact) mass is 1010 g/mol. The standard InChI is InChI=1S/C47H92O18S2/c1-3-5-7-9-11-13-15-17-19-21-23-25-27-29-31-47(32-30-28-26-24-22-20-18-16-14-12-10-8-6-4-2,35-60-45-41(52)43(64-66(54,55)56)39(50)37(33-48)62-45)36-61-46-42(53)44(65-67(57,58)59)40(51)38(34-49)63-46/h37-46,48-53H,3-36H2,1-2H3,(H,54,55,56)(H,57,58,59)/t37-,38-,39+,40+,41-,42-,43+,44+,45-,46-/m1/s1. The third kappa shape index (κ3) is 26.6. The molecule has 67 heavy (non-hydrogen) atoms. The molecule has 2 aliphatic heterocycles. The molecule has 2 fully saturated rings. The normalized spacial score (nSPS) is 26.4. The van der Waals surface area contributed by atoms with E-state index in [1.54, 1.807) is 0 Å². The highest BCUT2D eigenvalue weighted by molar-refractivity contribution is 7.81. The molecule has 0 aliphatic carbocycles. The molecule has 0 aromatic carbocycles. The molecule has 0 spiro atoms. The van der Waals surface area contributed by atoms with E-state index in [1.807, 2.05) is 0 Å². The molecular formula is C47H92O18S2. The van der Waals surface area contributed by atoms with Gasteiger partial charge in [0.15, 0.2) is 12.6 Å². The van der Waals surface area contributed by atoms with Crippen molar-refractivity contribution >= 4 is 20.8 Å². The summed E-state index contributed by atoms with van der Waals surface area (Å²) in [4.78, 5) is 0. The van der Waals surface area contributed by atoms with Crippen LogP contribution in [-0.4, -0.2) is 144 Å². The van der Waals surface area contributed by atoms with E-state index in [4.69, 9.17) is 18.9 Å². The van der Waals surface area contributed by atoms with Gasteiger partial charge in [0, 0.05) is 5.41 Å². The summed E-state index contributed by atoms with van der Waals surface area (Å²) in [5, 5.41) is 63.5. The Labute approximate surface area is 403 Å². The number of aliphatic hydroxyl groups is 6. The van der Waals surface area contributed by atoms with E-state index in [9.17, 15) is 56.6 Å². The first-order chi connectivity index (χ1) is 32.0. The highest BCUT2D eigenvalue weighted by atomic mass is 32.3. The Bertz CT molecular complexity index is 1330. The lowest BCUT2D eigenvalue weighted by Crippen LogP contribution is -2.61. The van der Waals surface area contributed by atoms with Crippen LogP contribution in [0.2, 0.25) is 0 Å². The van der Waals surface area contributed by atoms with Crippen molar-refractivity contribution in [3.05, 3.63) is 0 Å². The molecule has 400 valence electrons. The van der Waals surface area contributed by atoms with Crippen LogP contribution < -0.4 is 0 Å². The van der Waals surface area contributed by atoms with Crippen LogP contribution in [0.3, 0.4) is 0 Å². The largest absolute Gasteiger partial charge is 0.397 e. The molecule has 10 atom stereocenters. The van der Waals surface area contributed by atoms with Crippen molar-refractivity contribution in [2.75, 3.05) is 26.4 Å². The summed E-state index contributed by atoms with van der Waals surface area (Å²) in [6, 6.07) is 0. The fourth-order valence-electron chi connectivity index (χ4n) is 9.25. The molecule has 2 heterocycles. The Kier molecular flexibility index (Phi) is 33.1. The van der Waals surface area contributed by atoms with Crippen molar-refractivity contribution in [1.82, 2.24) is 0 Å². The van der Waals surface area contributed by atoms with Crippen molar-refractivity contribution < 1.29 is 83.9 Å². The summed E-state index contributed by atoms with van der Waals surface area (Å²) in [6.07, 6.45) is 15.3. The average Bonchev–Trinajstić information content (AvgIpc) is 3.28. The van der Waals surface area contributed by atoms with Gasteiger partial charge in [0.2, 0.25) is 0 Å². The maximum Gasteiger partial charge on any atom is 0.397 e. The number of rotatable bonds is 42. The van der Waals surface area contributed by atoms with Gasteiger partial charge in [-0.1, -0.05) is 194 Å². The Balaban J connectivity index is 2.24. The van der Waals surface area contributed by atoms with Gasteiger partial charge >= 0.3 is 20.8 Å². The molecule has 2 rings (SSSR count). The summed E-state index contributed by atoms with van der Waals surface area (Å²) in [6.45, 7) is 2.40. The number of hydrogen-bond donors (Lipinski definition) is 8. The van der Waals surface area contributed by atoms with E-state index in [2.05, 4.69) is 22.2 Å². The molecule has 8 N–H and O–H groups in total. The predicted octanol–water partition coefficient (Wildman–Crippen LogP) is 7.00. The van der Waals surface area contributed by atoms with Crippen LogP contribution >= 0.6 is 0 Å². The highest BCUT2D eigenvalue weighted by Crippen LogP contribution is 2.37. The van der Waals surface area contributed by atoms with Gasteiger partial charge in [0.05, 0.1) is 26.4 Å². The molecule has 2 saturated heterocycles. The lowest BCUT2D eigenvalue weighted by atomic mass is 9.79. The van der Waals surface area contributed by atoms with Crippen molar-refractivity contribution in [2.45, 2.75) is 268 Å². The molecule has 0 saturated carbocycles. The summed E-state index contributed by atoms with van der Waals surface area (Å²) >= 11 is 0. The molecule has 2 aliphatic rings. The van der Waals surface area contributed by atoms with Crippen LogP contribution in [0.4, 0.5) is 0 Å². The lowest BCUT2D eigenvalue weighted by molar-refractivity contribution is -0.315. The summed E-state index contributed by atoms with van der Waals surface area (Å²) in [5.41, 5.74) is -0.936. The zero-order valence-electron chi connectivity index (χ0n) is 40.8. The Morgan fingerprint density at radius 3 is 0.910 bits per heavy atom. The Morgan fingerprint density at radius 1 is 0.418 bits per heavy atom. The quantitative estimate of drug-likeness (QED) is 0.0226. The first-order valence-electron chi connectivity index (χ1n) is 25.8. The number of unbranched alkanes of at least 4 members (excludes halogenated alkanes) is 26. The molecule has 0 amide bonds. The van der Waals surface area contributed by atoms with Crippen molar-refractivity contribution in [3.63, 3.8) is 0 Å². The van der Waals surface area contributed by atoms with Crippen molar-refractivity contribution in [2.24, 2.45) is 5.41 Å². The molecule has 18 nitrogen and oxygen atoms in total. The number of ether oxygens (including phenoxy) is 4. The molecule has 20 heteroatoms. The topological polar surface area (TPSA) is 285 Å². The molecule has 0 unspecified atom stereocenters. The highest BCUT2D eigenvalue weighted by Gasteiger charge is 2.50. The smallest absolute Gasteiger partial charge is 0.394 e. The zero-order chi connectivity index (χ0) is 49.6. The van der Waals surface area contributed by atoms with Gasteiger partial charge in [-0.05, 0) is 12.8 Å². The first kappa shape index (κ1) is 62.5.